The first-order valence-electron chi connectivity index (χ1n) is 14.9. The molecule has 4 aromatic rings. The predicted molar refractivity (Wildman–Crippen MR) is 179 cm³/mol. The van der Waals surface area contributed by atoms with Crippen LogP contribution < -0.4 is 20.9 Å². The highest BCUT2D eigenvalue weighted by Gasteiger charge is 2.30. The van der Waals surface area contributed by atoms with Gasteiger partial charge in [-0.25, -0.2) is 18.2 Å². The van der Waals surface area contributed by atoms with Crippen LogP contribution in [0.2, 0.25) is 0 Å². The summed E-state index contributed by atoms with van der Waals surface area (Å²) in [6.45, 7) is 9.77. The zero-order valence-electron chi connectivity index (χ0n) is 26.5. The van der Waals surface area contributed by atoms with E-state index in [4.69, 9.17) is 0 Å². The maximum Gasteiger partial charge on any atom is 0.322 e. The standard InChI is InChI=1S/C34H39N5O6S/c1-20-21(2)23(4)31(24(5)22(20)3)46(44,45)39-29(33(41)42)19-30-37-28-14-13-26(18-27(28)32(40)38-30)12-9-16-35-34(43)36-17-15-25-10-7-6-8-11-25/h6-14,18,29,39H,15-17,19H2,1-5H3,(H,41,42)(H2,35,36,43)(H,37,38,40)/b12-9+/t29-/m0/s1. The van der Waals surface area contributed by atoms with Crippen LogP contribution in [0.1, 0.15) is 44.8 Å². The van der Waals surface area contributed by atoms with E-state index >= 15 is 0 Å². The molecule has 3 aromatic carbocycles. The molecule has 0 saturated carbocycles. The second kappa shape index (κ2) is 14.5. The number of hydrogen-bond acceptors (Lipinski definition) is 6. The van der Waals surface area contributed by atoms with Crippen LogP contribution in [0.3, 0.4) is 0 Å². The van der Waals surface area contributed by atoms with Gasteiger partial charge in [-0.15, -0.1) is 0 Å². The largest absolute Gasteiger partial charge is 0.480 e. The summed E-state index contributed by atoms with van der Waals surface area (Å²) in [5, 5.41) is 15.7. The van der Waals surface area contributed by atoms with E-state index in [2.05, 4.69) is 25.3 Å². The number of carboxylic acids is 1. The van der Waals surface area contributed by atoms with E-state index in [0.29, 0.717) is 28.8 Å². The highest BCUT2D eigenvalue weighted by atomic mass is 32.2. The molecule has 11 nitrogen and oxygen atoms in total. The lowest BCUT2D eigenvalue weighted by atomic mass is 9.95. The summed E-state index contributed by atoms with van der Waals surface area (Å²) in [7, 11) is -4.23. The molecule has 0 spiro atoms. The van der Waals surface area contributed by atoms with Gasteiger partial charge in [-0.1, -0.05) is 48.6 Å². The summed E-state index contributed by atoms with van der Waals surface area (Å²) in [5.74, 6) is -1.37. The molecule has 0 aliphatic rings. The highest BCUT2D eigenvalue weighted by Crippen LogP contribution is 2.29. The van der Waals surface area contributed by atoms with Crippen LogP contribution in [0, 0.1) is 34.6 Å². The molecule has 242 valence electrons. The zero-order valence-corrected chi connectivity index (χ0v) is 27.3. The van der Waals surface area contributed by atoms with Crippen LogP contribution in [-0.2, 0) is 27.7 Å². The molecule has 1 atom stereocenters. The van der Waals surface area contributed by atoms with E-state index in [1.807, 2.05) is 51.1 Å². The first kappa shape index (κ1) is 34.1. The molecular formula is C34H39N5O6S. The first-order valence-corrected chi connectivity index (χ1v) is 16.3. The van der Waals surface area contributed by atoms with Crippen molar-refractivity contribution in [3.63, 3.8) is 0 Å². The number of nitrogens with one attached hydrogen (secondary N) is 4. The highest BCUT2D eigenvalue weighted by molar-refractivity contribution is 7.89. The minimum absolute atomic E-state index is 0.0306. The van der Waals surface area contributed by atoms with Crippen molar-refractivity contribution in [1.82, 2.24) is 25.3 Å². The van der Waals surface area contributed by atoms with Crippen molar-refractivity contribution < 1.29 is 23.1 Å². The average molecular weight is 646 g/mol. The van der Waals surface area contributed by atoms with Crippen molar-refractivity contribution in [1.29, 1.82) is 0 Å². The quantitative estimate of drug-likeness (QED) is 0.155. The third-order valence-corrected chi connectivity index (χ3v) is 9.95. The van der Waals surface area contributed by atoms with Gasteiger partial charge in [0.15, 0.2) is 0 Å². The number of benzene rings is 3. The second-order valence-electron chi connectivity index (χ2n) is 11.2. The summed E-state index contributed by atoms with van der Waals surface area (Å²) in [4.78, 5) is 44.2. The van der Waals surface area contributed by atoms with Crippen molar-refractivity contribution >= 4 is 39.0 Å². The number of fused-ring (bicyclic) bond motifs is 1. The Hall–Kier alpha value is -4.81. The van der Waals surface area contributed by atoms with Crippen molar-refractivity contribution in [2.45, 2.75) is 58.4 Å². The maximum atomic E-state index is 13.5. The number of sulfonamides is 1. The number of amides is 2. The fourth-order valence-corrected chi connectivity index (χ4v) is 7.06. The number of nitrogens with zero attached hydrogens (tertiary/aromatic N) is 1. The molecule has 0 saturated heterocycles. The number of aromatic nitrogens is 2. The Morgan fingerprint density at radius 1 is 0.935 bits per heavy atom. The lowest BCUT2D eigenvalue weighted by molar-refractivity contribution is -0.139. The smallest absolute Gasteiger partial charge is 0.322 e. The van der Waals surface area contributed by atoms with Crippen molar-refractivity contribution in [2.75, 3.05) is 13.1 Å². The van der Waals surface area contributed by atoms with E-state index < -0.39 is 27.6 Å². The van der Waals surface area contributed by atoms with Gasteiger partial charge >= 0.3 is 12.0 Å². The Kier molecular flexibility index (Phi) is 10.8. The lowest BCUT2D eigenvalue weighted by Gasteiger charge is -2.21. The Balaban J connectivity index is 1.42. The third-order valence-electron chi connectivity index (χ3n) is 8.20. The summed E-state index contributed by atoms with van der Waals surface area (Å²) < 4.78 is 29.2. The minimum Gasteiger partial charge on any atom is -0.480 e. The van der Waals surface area contributed by atoms with Gasteiger partial charge < -0.3 is 20.7 Å². The Morgan fingerprint density at radius 2 is 1.59 bits per heavy atom. The number of carbonyl (C=O) groups is 2. The van der Waals surface area contributed by atoms with Gasteiger partial charge in [0.1, 0.15) is 11.9 Å². The molecule has 0 aliphatic carbocycles. The molecular weight excluding hydrogens is 606 g/mol. The summed E-state index contributed by atoms with van der Waals surface area (Å²) in [5.41, 5.74) is 5.40. The predicted octanol–water partition coefficient (Wildman–Crippen LogP) is 3.99. The van der Waals surface area contributed by atoms with Crippen LogP contribution >= 0.6 is 0 Å². The Morgan fingerprint density at radius 3 is 2.24 bits per heavy atom. The van der Waals surface area contributed by atoms with Crippen LogP contribution in [0.5, 0.6) is 0 Å². The van der Waals surface area contributed by atoms with Crippen LogP contribution in [0.4, 0.5) is 4.79 Å². The van der Waals surface area contributed by atoms with Gasteiger partial charge in [-0.3, -0.25) is 9.59 Å². The Bertz CT molecular complexity index is 1940. The molecule has 12 heteroatoms. The number of rotatable bonds is 12. The number of carboxylic acid groups (broad SMARTS) is 1. The second-order valence-corrected chi connectivity index (χ2v) is 12.9. The molecule has 5 N–H and O–H groups in total. The van der Waals surface area contributed by atoms with E-state index in [0.717, 1.165) is 28.7 Å². The molecule has 4 rings (SSSR count). The molecule has 0 fully saturated rings. The van der Waals surface area contributed by atoms with Gasteiger partial charge in [-0.2, -0.15) is 4.72 Å². The fraction of sp³-hybridized carbons (Fsp3) is 0.294. The average Bonchev–Trinajstić information content (AvgIpc) is 3.01. The molecule has 2 amide bonds. The first-order chi connectivity index (χ1) is 21.8. The number of hydrogen-bond donors (Lipinski definition) is 5. The van der Waals surface area contributed by atoms with Crippen molar-refractivity contribution in [2.24, 2.45) is 0 Å². The third kappa shape index (κ3) is 8.06. The van der Waals surface area contributed by atoms with Crippen LogP contribution in [-0.4, -0.2) is 54.6 Å². The summed E-state index contributed by atoms with van der Waals surface area (Å²) in [6, 6.07) is 13.0. The number of aromatic amines is 1. The van der Waals surface area contributed by atoms with Gasteiger partial charge in [0.05, 0.1) is 15.8 Å². The number of carbonyl (C=O) groups excluding carboxylic acids is 1. The summed E-state index contributed by atoms with van der Waals surface area (Å²) >= 11 is 0. The monoisotopic (exact) mass is 645 g/mol. The van der Waals surface area contributed by atoms with Crippen molar-refractivity contribution in [3.8, 4) is 0 Å². The Labute approximate surface area is 268 Å². The molecule has 46 heavy (non-hydrogen) atoms. The fourth-order valence-electron chi connectivity index (χ4n) is 5.27. The zero-order chi connectivity index (χ0) is 33.6. The molecule has 0 unspecified atom stereocenters. The normalized spacial score (nSPS) is 12.4. The molecule has 0 bridgehead atoms. The minimum atomic E-state index is -4.23. The van der Waals surface area contributed by atoms with Gasteiger partial charge in [0, 0.05) is 19.5 Å². The number of H-pyrrole nitrogens is 1. The van der Waals surface area contributed by atoms with E-state index in [1.165, 1.54) is 0 Å². The van der Waals surface area contributed by atoms with E-state index in [1.54, 1.807) is 44.2 Å². The van der Waals surface area contributed by atoms with E-state index in [9.17, 15) is 27.9 Å². The molecule has 0 radical (unpaired) electrons. The number of aliphatic carboxylic acids is 1. The van der Waals surface area contributed by atoms with E-state index in [-0.39, 0.29) is 35.1 Å². The molecule has 1 aromatic heterocycles. The van der Waals surface area contributed by atoms with Crippen molar-refractivity contribution in [3.05, 3.63) is 110 Å². The number of urea groups is 1. The van der Waals surface area contributed by atoms with Crippen LogP contribution in [0.25, 0.3) is 17.0 Å². The van der Waals surface area contributed by atoms with Crippen LogP contribution in [0.15, 0.2) is 64.3 Å². The van der Waals surface area contributed by atoms with Gasteiger partial charge in [-0.05, 0) is 92.1 Å². The lowest BCUT2D eigenvalue weighted by Crippen LogP contribution is -2.43. The summed E-state index contributed by atoms with van der Waals surface area (Å²) in [6.07, 6.45) is 3.86. The molecule has 0 aliphatic heterocycles. The van der Waals surface area contributed by atoms with Gasteiger partial charge in [0.2, 0.25) is 10.0 Å². The van der Waals surface area contributed by atoms with Gasteiger partial charge in [0.25, 0.3) is 5.56 Å². The molecule has 1 heterocycles. The maximum absolute atomic E-state index is 13.5. The topological polar surface area (TPSA) is 170 Å². The SMILES string of the molecule is Cc1c(C)c(C)c(S(=O)(=O)N[C@@H](Cc2nc3ccc(/C=C/CNC(=O)NCCc4ccccc4)cc3c(=O)[nH]2)C(=O)O)c(C)c1C.